The zero-order chi connectivity index (χ0) is 12.3. The van der Waals surface area contributed by atoms with Gasteiger partial charge in [-0.3, -0.25) is 0 Å². The molecule has 1 rings (SSSR count). The second-order valence-electron chi connectivity index (χ2n) is 5.27. The van der Waals surface area contributed by atoms with Crippen molar-refractivity contribution in [2.45, 2.75) is 39.7 Å². The molecule has 0 bridgehead atoms. The van der Waals surface area contributed by atoms with Crippen molar-refractivity contribution in [3.63, 3.8) is 0 Å². The molecular weight excluding hydrogens is 198 g/mol. The van der Waals surface area contributed by atoms with Crippen LogP contribution in [0.1, 0.15) is 31.4 Å². The van der Waals surface area contributed by atoms with E-state index >= 15 is 0 Å². The van der Waals surface area contributed by atoms with Crippen LogP contribution in [0, 0.1) is 13.8 Å². The van der Waals surface area contributed by atoms with E-state index in [4.69, 9.17) is 0 Å². The maximum absolute atomic E-state index is 9.70. The summed E-state index contributed by atoms with van der Waals surface area (Å²) in [6.07, 6.45) is 0.775. The fraction of sp³-hybridized carbons (Fsp3) is 0.571. The summed E-state index contributed by atoms with van der Waals surface area (Å²) >= 11 is 0. The lowest BCUT2D eigenvalue weighted by molar-refractivity contribution is 0.0734. The van der Waals surface area contributed by atoms with Crippen molar-refractivity contribution in [2.75, 3.05) is 18.5 Å². The van der Waals surface area contributed by atoms with Gasteiger partial charge in [0.1, 0.15) is 0 Å². The van der Waals surface area contributed by atoms with E-state index in [1.807, 2.05) is 13.8 Å². The van der Waals surface area contributed by atoms with Crippen molar-refractivity contribution in [2.24, 2.45) is 0 Å². The Kier molecular flexibility index (Phi) is 3.98. The molecule has 2 nitrogen and oxygen atoms in total. The third-order valence-corrected chi connectivity index (χ3v) is 2.82. The standard InChI is InChI=1S/C14H23NO/c1-11-6-7-13(12(2)10-11)15(5)9-8-14(3,4)16/h6-7,10,16H,8-9H2,1-5H3. The van der Waals surface area contributed by atoms with E-state index in [0.717, 1.165) is 13.0 Å². The van der Waals surface area contributed by atoms with Crippen molar-refractivity contribution >= 4 is 5.69 Å². The maximum atomic E-state index is 9.70. The van der Waals surface area contributed by atoms with Crippen LogP contribution >= 0.6 is 0 Å². The summed E-state index contributed by atoms with van der Waals surface area (Å²) in [6, 6.07) is 6.47. The molecule has 0 radical (unpaired) electrons. The zero-order valence-corrected chi connectivity index (χ0v) is 11.0. The minimum atomic E-state index is -0.590. The second kappa shape index (κ2) is 4.88. The number of aliphatic hydroxyl groups is 1. The van der Waals surface area contributed by atoms with E-state index in [1.165, 1.54) is 16.8 Å². The van der Waals surface area contributed by atoms with Gasteiger partial charge in [-0.2, -0.15) is 0 Å². The molecule has 0 atom stereocenters. The van der Waals surface area contributed by atoms with Gasteiger partial charge in [0.2, 0.25) is 0 Å². The first-order chi connectivity index (χ1) is 7.29. The number of anilines is 1. The highest BCUT2D eigenvalue weighted by atomic mass is 16.3. The summed E-state index contributed by atoms with van der Waals surface area (Å²) in [6.45, 7) is 8.80. The summed E-state index contributed by atoms with van der Waals surface area (Å²) in [5.41, 5.74) is 3.23. The highest BCUT2D eigenvalue weighted by Gasteiger charge is 2.14. The van der Waals surface area contributed by atoms with Gasteiger partial charge < -0.3 is 10.0 Å². The number of nitrogens with zero attached hydrogens (tertiary/aromatic N) is 1. The predicted molar refractivity (Wildman–Crippen MR) is 70.1 cm³/mol. The summed E-state index contributed by atoms with van der Waals surface area (Å²) < 4.78 is 0. The van der Waals surface area contributed by atoms with Crippen molar-refractivity contribution in [3.8, 4) is 0 Å². The SMILES string of the molecule is Cc1ccc(N(C)CCC(C)(C)O)c(C)c1. The van der Waals surface area contributed by atoms with Crippen molar-refractivity contribution in [3.05, 3.63) is 29.3 Å². The molecule has 0 aliphatic heterocycles. The number of hydrogen-bond acceptors (Lipinski definition) is 2. The van der Waals surface area contributed by atoms with Crippen LogP contribution in [0.4, 0.5) is 5.69 Å². The first-order valence-electron chi connectivity index (χ1n) is 5.80. The van der Waals surface area contributed by atoms with E-state index in [-0.39, 0.29) is 0 Å². The summed E-state index contributed by atoms with van der Waals surface area (Å²) in [7, 11) is 2.07. The third-order valence-electron chi connectivity index (χ3n) is 2.82. The van der Waals surface area contributed by atoms with Gasteiger partial charge in [-0.1, -0.05) is 17.7 Å². The fourth-order valence-corrected chi connectivity index (χ4v) is 1.80. The monoisotopic (exact) mass is 221 g/mol. The van der Waals surface area contributed by atoms with Crippen LogP contribution in [-0.4, -0.2) is 24.3 Å². The molecule has 0 spiro atoms. The minimum Gasteiger partial charge on any atom is -0.390 e. The first-order valence-corrected chi connectivity index (χ1v) is 5.80. The Morgan fingerprint density at radius 1 is 1.25 bits per heavy atom. The topological polar surface area (TPSA) is 23.5 Å². The van der Waals surface area contributed by atoms with Crippen LogP contribution in [0.2, 0.25) is 0 Å². The fourth-order valence-electron chi connectivity index (χ4n) is 1.80. The van der Waals surface area contributed by atoms with Gasteiger partial charge >= 0.3 is 0 Å². The molecule has 0 saturated heterocycles. The Bertz CT molecular complexity index is 352. The second-order valence-corrected chi connectivity index (χ2v) is 5.27. The Hall–Kier alpha value is -1.02. The highest BCUT2D eigenvalue weighted by molar-refractivity contribution is 5.53. The van der Waals surface area contributed by atoms with Gasteiger partial charge in [-0.15, -0.1) is 0 Å². The molecule has 16 heavy (non-hydrogen) atoms. The summed E-state index contributed by atoms with van der Waals surface area (Å²) in [4.78, 5) is 2.20. The quantitative estimate of drug-likeness (QED) is 0.845. The van der Waals surface area contributed by atoms with E-state index in [0.29, 0.717) is 0 Å². The number of hydrogen-bond donors (Lipinski definition) is 1. The van der Waals surface area contributed by atoms with Crippen molar-refractivity contribution in [1.29, 1.82) is 0 Å². The van der Waals surface area contributed by atoms with Crippen LogP contribution in [0.15, 0.2) is 18.2 Å². The number of benzene rings is 1. The number of rotatable bonds is 4. The Morgan fingerprint density at radius 2 is 1.88 bits per heavy atom. The van der Waals surface area contributed by atoms with Crippen LogP contribution in [0.25, 0.3) is 0 Å². The summed E-state index contributed by atoms with van der Waals surface area (Å²) in [5.74, 6) is 0. The first kappa shape index (κ1) is 13.0. The lowest BCUT2D eigenvalue weighted by atomic mass is 10.0. The van der Waals surface area contributed by atoms with Gasteiger partial charge in [0.05, 0.1) is 5.60 Å². The molecule has 0 heterocycles. The molecule has 0 amide bonds. The molecule has 90 valence electrons. The van der Waals surface area contributed by atoms with E-state index in [1.54, 1.807) is 0 Å². The van der Waals surface area contributed by atoms with Gasteiger partial charge in [0.25, 0.3) is 0 Å². The molecule has 2 heteroatoms. The highest BCUT2D eigenvalue weighted by Crippen LogP contribution is 2.21. The van der Waals surface area contributed by atoms with Crippen LogP contribution in [0.3, 0.4) is 0 Å². The summed E-state index contributed by atoms with van der Waals surface area (Å²) in [5, 5.41) is 9.70. The van der Waals surface area contributed by atoms with Gasteiger partial charge in [-0.05, 0) is 45.7 Å². The molecule has 1 aromatic rings. The molecule has 0 aliphatic carbocycles. The molecular formula is C14H23NO. The molecule has 0 fully saturated rings. The third kappa shape index (κ3) is 3.86. The molecule has 1 N–H and O–H groups in total. The van der Waals surface area contributed by atoms with E-state index in [2.05, 4.69) is 44.0 Å². The van der Waals surface area contributed by atoms with Gasteiger partial charge in [-0.25, -0.2) is 0 Å². The van der Waals surface area contributed by atoms with E-state index in [9.17, 15) is 5.11 Å². The lowest BCUT2D eigenvalue weighted by Gasteiger charge is -2.25. The average Bonchev–Trinajstić information content (AvgIpc) is 2.13. The maximum Gasteiger partial charge on any atom is 0.0608 e. The Balaban J connectivity index is 2.70. The minimum absolute atomic E-state index is 0.590. The zero-order valence-electron chi connectivity index (χ0n) is 11.0. The smallest absolute Gasteiger partial charge is 0.0608 e. The lowest BCUT2D eigenvalue weighted by Crippen LogP contribution is -2.28. The van der Waals surface area contributed by atoms with Crippen LogP contribution in [0.5, 0.6) is 0 Å². The van der Waals surface area contributed by atoms with Crippen LogP contribution < -0.4 is 4.90 Å². The molecule has 0 saturated carbocycles. The van der Waals surface area contributed by atoms with E-state index < -0.39 is 5.60 Å². The molecule has 0 aliphatic rings. The van der Waals surface area contributed by atoms with Gasteiger partial charge in [0, 0.05) is 19.3 Å². The Labute approximate surface area is 98.9 Å². The Morgan fingerprint density at radius 3 is 2.38 bits per heavy atom. The van der Waals surface area contributed by atoms with Gasteiger partial charge in [0.15, 0.2) is 0 Å². The van der Waals surface area contributed by atoms with Crippen molar-refractivity contribution in [1.82, 2.24) is 0 Å². The molecule has 1 aromatic carbocycles. The average molecular weight is 221 g/mol. The number of aryl methyl sites for hydroxylation is 2. The molecule has 0 unspecified atom stereocenters. The predicted octanol–water partition coefficient (Wildman–Crippen LogP) is 2.90. The van der Waals surface area contributed by atoms with Crippen LogP contribution in [-0.2, 0) is 0 Å². The normalized spacial score (nSPS) is 11.6. The largest absolute Gasteiger partial charge is 0.390 e. The molecule has 0 aromatic heterocycles. The van der Waals surface area contributed by atoms with Crippen molar-refractivity contribution < 1.29 is 5.11 Å².